The van der Waals surface area contributed by atoms with Crippen molar-refractivity contribution in [3.63, 3.8) is 0 Å². The van der Waals surface area contributed by atoms with Crippen LogP contribution in [0, 0.1) is 0 Å². The van der Waals surface area contributed by atoms with Crippen molar-refractivity contribution >= 4 is 0 Å². The normalized spacial score (nSPS) is 22.0. The number of nitrogens with zero attached hydrogens (tertiary/aromatic N) is 1. The van der Waals surface area contributed by atoms with Gasteiger partial charge in [0.15, 0.2) is 6.23 Å². The van der Waals surface area contributed by atoms with Gasteiger partial charge in [0.05, 0.1) is 0 Å². The highest BCUT2D eigenvalue weighted by atomic mass is 19.1. The lowest BCUT2D eigenvalue weighted by molar-refractivity contribution is -0.00587. The van der Waals surface area contributed by atoms with Crippen LogP contribution in [0.2, 0.25) is 0 Å². The lowest BCUT2D eigenvalue weighted by Gasteiger charge is -2.23. The van der Waals surface area contributed by atoms with Crippen LogP contribution in [0.3, 0.4) is 0 Å². The van der Waals surface area contributed by atoms with Gasteiger partial charge in [0.2, 0.25) is 0 Å². The molecule has 1 heterocycles. The van der Waals surface area contributed by atoms with Crippen molar-refractivity contribution in [2.45, 2.75) is 19.1 Å². The Labute approximate surface area is 66.6 Å². The van der Waals surface area contributed by atoms with Crippen molar-refractivity contribution < 1.29 is 9.13 Å². The molecule has 0 bridgehead atoms. The topological polar surface area (TPSA) is 12.5 Å². The minimum atomic E-state index is -0.516. The highest BCUT2D eigenvalue weighted by Crippen LogP contribution is 2.17. The maximum absolute atomic E-state index is 12.7. The third-order valence-electron chi connectivity index (χ3n) is 1.96. The zero-order valence-electron chi connectivity index (χ0n) is 6.85. The zero-order chi connectivity index (χ0) is 8.27. The van der Waals surface area contributed by atoms with E-state index in [1.807, 2.05) is 4.90 Å². The first kappa shape index (κ1) is 8.68. The Balaban J connectivity index is 2.46. The van der Waals surface area contributed by atoms with Crippen LogP contribution in [0.4, 0.5) is 4.39 Å². The molecule has 0 aromatic rings. The number of hydrogen-bond donors (Lipinski definition) is 0. The molecule has 1 rings (SSSR count). The Morgan fingerprint density at radius 2 is 2.09 bits per heavy atom. The van der Waals surface area contributed by atoms with E-state index in [2.05, 4.69) is 6.58 Å². The molecule has 1 fully saturated rings. The average molecular weight is 159 g/mol. The molecule has 0 radical (unpaired) electrons. The van der Waals surface area contributed by atoms with Crippen LogP contribution in [-0.4, -0.2) is 31.3 Å². The van der Waals surface area contributed by atoms with Crippen molar-refractivity contribution in [3.8, 4) is 0 Å². The van der Waals surface area contributed by atoms with E-state index in [-0.39, 0.29) is 0 Å². The van der Waals surface area contributed by atoms with Crippen LogP contribution in [0.5, 0.6) is 0 Å². The molecule has 11 heavy (non-hydrogen) atoms. The molecule has 1 aliphatic heterocycles. The van der Waals surface area contributed by atoms with E-state index in [4.69, 9.17) is 4.74 Å². The highest BCUT2D eigenvalue weighted by Gasteiger charge is 2.23. The summed E-state index contributed by atoms with van der Waals surface area (Å²) < 4.78 is 17.6. The number of halogens is 1. The van der Waals surface area contributed by atoms with E-state index >= 15 is 0 Å². The fourth-order valence-electron chi connectivity index (χ4n) is 1.45. The molecule has 0 amide bonds. The zero-order valence-corrected chi connectivity index (χ0v) is 6.85. The van der Waals surface area contributed by atoms with Crippen molar-refractivity contribution in [3.05, 3.63) is 12.4 Å². The summed E-state index contributed by atoms with van der Waals surface area (Å²) in [5.74, 6) is -0.394. The van der Waals surface area contributed by atoms with E-state index < -0.39 is 12.1 Å². The van der Waals surface area contributed by atoms with Crippen LogP contribution >= 0.6 is 0 Å². The summed E-state index contributed by atoms with van der Waals surface area (Å²) in [7, 11) is 1.51. The molecule has 0 saturated carbocycles. The van der Waals surface area contributed by atoms with Crippen molar-refractivity contribution in [1.29, 1.82) is 0 Å². The maximum Gasteiger partial charge on any atom is 0.162 e. The largest absolute Gasteiger partial charge is 0.360 e. The van der Waals surface area contributed by atoms with Gasteiger partial charge < -0.3 is 4.74 Å². The summed E-state index contributed by atoms with van der Waals surface area (Å²) in [6.07, 6.45) is 1.75. The van der Waals surface area contributed by atoms with Gasteiger partial charge in [-0.1, -0.05) is 6.58 Å². The predicted octanol–water partition coefficient (Wildman–Crippen LogP) is 1.54. The van der Waals surface area contributed by atoms with Gasteiger partial charge in [0, 0.05) is 20.2 Å². The van der Waals surface area contributed by atoms with Gasteiger partial charge in [0.25, 0.3) is 0 Å². The molecule has 0 spiro atoms. The Bertz CT molecular complexity index is 143. The minimum absolute atomic E-state index is 0.394. The summed E-state index contributed by atoms with van der Waals surface area (Å²) >= 11 is 0. The second-order valence-electron chi connectivity index (χ2n) is 2.78. The highest BCUT2D eigenvalue weighted by molar-refractivity contribution is 4.91. The maximum atomic E-state index is 12.7. The Morgan fingerprint density at radius 1 is 1.55 bits per heavy atom. The van der Waals surface area contributed by atoms with Crippen LogP contribution in [-0.2, 0) is 4.74 Å². The van der Waals surface area contributed by atoms with Crippen LogP contribution in [0.15, 0.2) is 12.4 Å². The number of ether oxygens (including phenoxy) is 1. The van der Waals surface area contributed by atoms with Crippen LogP contribution in [0.1, 0.15) is 12.8 Å². The third-order valence-corrected chi connectivity index (χ3v) is 1.96. The molecule has 0 N–H and O–H groups in total. The molecule has 1 aliphatic rings. The van der Waals surface area contributed by atoms with Crippen molar-refractivity contribution in [1.82, 2.24) is 4.90 Å². The Morgan fingerprint density at radius 3 is 2.45 bits per heavy atom. The molecule has 0 aliphatic carbocycles. The second-order valence-corrected chi connectivity index (χ2v) is 2.78. The Kier molecular flexibility index (Phi) is 3.02. The molecule has 1 atom stereocenters. The summed E-state index contributed by atoms with van der Waals surface area (Å²) in [6, 6.07) is 0. The standard InChI is InChI=1S/C8H14FNO/c1-7(9)8(11-2)10-5-3-4-6-10/h8H,1,3-6H2,2H3. The third kappa shape index (κ3) is 2.01. The minimum Gasteiger partial charge on any atom is -0.360 e. The summed E-state index contributed by atoms with van der Waals surface area (Å²) in [5.41, 5.74) is 0. The average Bonchev–Trinajstić information content (AvgIpc) is 2.40. The van der Waals surface area contributed by atoms with Gasteiger partial charge in [-0.15, -0.1) is 0 Å². The monoisotopic (exact) mass is 159 g/mol. The smallest absolute Gasteiger partial charge is 0.162 e. The lowest BCUT2D eigenvalue weighted by atomic mass is 10.4. The Hall–Kier alpha value is -0.410. The molecule has 64 valence electrons. The lowest BCUT2D eigenvalue weighted by Crippen LogP contribution is -2.34. The molecule has 3 heteroatoms. The van der Waals surface area contributed by atoms with Crippen LogP contribution in [0.25, 0.3) is 0 Å². The van der Waals surface area contributed by atoms with Gasteiger partial charge >= 0.3 is 0 Å². The number of hydrogen-bond acceptors (Lipinski definition) is 2. The van der Waals surface area contributed by atoms with E-state index in [1.54, 1.807) is 0 Å². The van der Waals surface area contributed by atoms with Crippen molar-refractivity contribution in [2.24, 2.45) is 0 Å². The van der Waals surface area contributed by atoms with Crippen LogP contribution < -0.4 is 0 Å². The number of rotatable bonds is 3. The number of likely N-dealkylation sites (tertiary alicyclic amines) is 1. The molecule has 1 unspecified atom stereocenters. The van der Waals surface area contributed by atoms with Gasteiger partial charge in [-0.2, -0.15) is 0 Å². The molecular formula is C8H14FNO. The molecule has 0 aromatic heterocycles. The fourth-order valence-corrected chi connectivity index (χ4v) is 1.45. The van der Waals surface area contributed by atoms with Gasteiger partial charge in [-0.3, -0.25) is 4.90 Å². The number of methoxy groups -OCH3 is 1. The van der Waals surface area contributed by atoms with Crippen molar-refractivity contribution in [2.75, 3.05) is 20.2 Å². The van der Waals surface area contributed by atoms with Gasteiger partial charge in [-0.05, 0) is 12.8 Å². The SMILES string of the molecule is C=C(F)C(OC)N1CCCC1. The van der Waals surface area contributed by atoms with Gasteiger partial charge in [0.1, 0.15) is 5.83 Å². The van der Waals surface area contributed by atoms with E-state index in [1.165, 1.54) is 7.11 Å². The molecule has 0 aromatic carbocycles. The second kappa shape index (κ2) is 3.83. The summed E-state index contributed by atoms with van der Waals surface area (Å²) in [5, 5.41) is 0. The molecule has 1 saturated heterocycles. The fraction of sp³-hybridized carbons (Fsp3) is 0.750. The van der Waals surface area contributed by atoms with Gasteiger partial charge in [-0.25, -0.2) is 4.39 Å². The summed E-state index contributed by atoms with van der Waals surface area (Å²) in [4.78, 5) is 1.96. The first-order valence-corrected chi connectivity index (χ1v) is 3.87. The molecule has 2 nitrogen and oxygen atoms in total. The van der Waals surface area contributed by atoms with E-state index in [0.717, 1.165) is 25.9 Å². The predicted molar refractivity (Wildman–Crippen MR) is 41.9 cm³/mol. The summed E-state index contributed by atoms with van der Waals surface area (Å²) in [6.45, 7) is 5.07. The van der Waals surface area contributed by atoms with E-state index in [0.29, 0.717) is 0 Å². The quantitative estimate of drug-likeness (QED) is 0.619. The van der Waals surface area contributed by atoms with E-state index in [9.17, 15) is 4.39 Å². The first-order valence-electron chi connectivity index (χ1n) is 3.87. The molecular weight excluding hydrogens is 145 g/mol. The first-order chi connectivity index (χ1) is 5.25.